The van der Waals surface area contributed by atoms with E-state index in [1.165, 1.54) is 0 Å². The molecule has 2 N–H and O–H groups in total. The first-order chi connectivity index (χ1) is 11.4. The Hall–Kier alpha value is -2.54. The highest BCUT2D eigenvalue weighted by Gasteiger charge is 2.21. The molecule has 1 atom stereocenters. The Morgan fingerprint density at radius 1 is 1.25 bits per heavy atom. The summed E-state index contributed by atoms with van der Waals surface area (Å²) in [5, 5.41) is 18.7. The highest BCUT2D eigenvalue weighted by atomic mass is 16.3. The van der Waals surface area contributed by atoms with E-state index < -0.39 is 6.10 Å². The summed E-state index contributed by atoms with van der Waals surface area (Å²) >= 11 is 0. The van der Waals surface area contributed by atoms with Crippen molar-refractivity contribution in [3.63, 3.8) is 0 Å². The molecule has 0 aromatic carbocycles. The normalized spacial score (nSPS) is 13.2. The molecule has 24 heavy (non-hydrogen) atoms. The molecule has 3 aromatic rings. The minimum Gasteiger partial charge on any atom is -0.387 e. The van der Waals surface area contributed by atoms with Crippen LogP contribution in [0.2, 0.25) is 0 Å². The maximum absolute atomic E-state index is 10.3. The number of hydrogen-bond acceptors (Lipinski definition) is 6. The fourth-order valence-electron chi connectivity index (χ4n) is 2.38. The molecule has 0 saturated heterocycles. The lowest BCUT2D eigenvalue weighted by Crippen LogP contribution is -2.19. The van der Waals surface area contributed by atoms with Crippen LogP contribution in [-0.2, 0) is 12.5 Å². The van der Waals surface area contributed by atoms with Crippen molar-refractivity contribution in [3.05, 3.63) is 42.1 Å². The second kappa shape index (κ2) is 6.16. The third-order valence-corrected chi connectivity index (χ3v) is 3.79. The first-order valence-electron chi connectivity index (χ1n) is 7.88. The van der Waals surface area contributed by atoms with Crippen molar-refractivity contribution in [1.29, 1.82) is 0 Å². The average Bonchev–Trinajstić information content (AvgIpc) is 2.94. The standard InChI is InChI=1S/C17H22N6O/c1-17(2,3)16-21-14(12-9-20-23(4)15(12)22-16)19-10-13(24)11-6-5-7-18-8-11/h5-9,13,24H,10H2,1-4H3,(H,19,21,22). The Labute approximate surface area is 140 Å². The van der Waals surface area contributed by atoms with Gasteiger partial charge >= 0.3 is 0 Å². The fraction of sp³-hybridized carbons (Fsp3) is 0.412. The zero-order valence-corrected chi connectivity index (χ0v) is 14.4. The number of anilines is 1. The van der Waals surface area contributed by atoms with Gasteiger partial charge in [-0.15, -0.1) is 0 Å². The van der Waals surface area contributed by atoms with Crippen molar-refractivity contribution in [2.24, 2.45) is 7.05 Å². The number of aliphatic hydroxyl groups is 1. The van der Waals surface area contributed by atoms with Gasteiger partial charge in [-0.3, -0.25) is 9.67 Å². The van der Waals surface area contributed by atoms with E-state index in [1.54, 1.807) is 29.3 Å². The Morgan fingerprint density at radius 3 is 2.71 bits per heavy atom. The molecule has 0 aliphatic carbocycles. The fourth-order valence-corrected chi connectivity index (χ4v) is 2.38. The molecular formula is C17H22N6O. The smallest absolute Gasteiger partial charge is 0.163 e. The van der Waals surface area contributed by atoms with Gasteiger partial charge in [0, 0.05) is 37.0 Å². The number of nitrogens with zero attached hydrogens (tertiary/aromatic N) is 5. The third kappa shape index (κ3) is 3.21. The zero-order valence-electron chi connectivity index (χ0n) is 14.4. The number of pyridine rings is 1. The van der Waals surface area contributed by atoms with Crippen LogP contribution >= 0.6 is 0 Å². The quantitative estimate of drug-likeness (QED) is 0.764. The predicted molar refractivity (Wildman–Crippen MR) is 92.7 cm³/mol. The van der Waals surface area contributed by atoms with Crippen molar-refractivity contribution >= 4 is 16.9 Å². The summed E-state index contributed by atoms with van der Waals surface area (Å²) < 4.78 is 1.73. The number of aliphatic hydroxyl groups excluding tert-OH is 1. The topological polar surface area (TPSA) is 88.8 Å². The lowest BCUT2D eigenvalue weighted by Gasteiger charge is -2.19. The number of fused-ring (bicyclic) bond motifs is 1. The zero-order chi connectivity index (χ0) is 17.3. The van der Waals surface area contributed by atoms with E-state index in [0.29, 0.717) is 12.4 Å². The monoisotopic (exact) mass is 326 g/mol. The first kappa shape index (κ1) is 16.3. The summed E-state index contributed by atoms with van der Waals surface area (Å²) in [6.45, 7) is 6.53. The van der Waals surface area contributed by atoms with Crippen molar-refractivity contribution < 1.29 is 5.11 Å². The SMILES string of the molecule is Cn1ncc2c(NCC(O)c3cccnc3)nc(C(C)(C)C)nc21. The summed E-state index contributed by atoms with van der Waals surface area (Å²) in [7, 11) is 1.86. The number of aromatic nitrogens is 5. The van der Waals surface area contributed by atoms with Crippen LogP contribution in [0.25, 0.3) is 11.0 Å². The van der Waals surface area contributed by atoms with E-state index in [4.69, 9.17) is 0 Å². The minimum atomic E-state index is -0.668. The molecule has 1 unspecified atom stereocenters. The van der Waals surface area contributed by atoms with Crippen molar-refractivity contribution in [2.75, 3.05) is 11.9 Å². The van der Waals surface area contributed by atoms with Gasteiger partial charge in [0.05, 0.1) is 17.7 Å². The molecule has 3 heterocycles. The van der Waals surface area contributed by atoms with Crippen molar-refractivity contribution in [2.45, 2.75) is 32.3 Å². The molecule has 0 radical (unpaired) electrons. The Kier molecular flexibility index (Phi) is 4.19. The van der Waals surface area contributed by atoms with Crippen molar-refractivity contribution in [3.8, 4) is 0 Å². The van der Waals surface area contributed by atoms with Crippen molar-refractivity contribution in [1.82, 2.24) is 24.7 Å². The van der Waals surface area contributed by atoms with Crippen LogP contribution < -0.4 is 5.32 Å². The molecule has 7 heteroatoms. The highest BCUT2D eigenvalue weighted by molar-refractivity contribution is 5.86. The predicted octanol–water partition coefficient (Wildman–Crippen LogP) is 2.20. The van der Waals surface area contributed by atoms with Gasteiger partial charge in [0.15, 0.2) is 5.65 Å². The van der Waals surface area contributed by atoms with Gasteiger partial charge in [-0.1, -0.05) is 26.8 Å². The van der Waals surface area contributed by atoms with Crippen LogP contribution in [0.15, 0.2) is 30.7 Å². The second-order valence-electron chi connectivity index (χ2n) is 6.83. The van der Waals surface area contributed by atoms with E-state index in [2.05, 4.69) is 46.1 Å². The van der Waals surface area contributed by atoms with Crippen LogP contribution in [0.1, 0.15) is 38.3 Å². The van der Waals surface area contributed by atoms with E-state index in [-0.39, 0.29) is 5.41 Å². The average molecular weight is 326 g/mol. The summed E-state index contributed by atoms with van der Waals surface area (Å²) in [6, 6.07) is 3.65. The van der Waals surface area contributed by atoms with Gasteiger partial charge in [0.2, 0.25) is 0 Å². The molecule has 0 saturated carbocycles. The van der Waals surface area contributed by atoms with E-state index in [1.807, 2.05) is 13.1 Å². The number of nitrogens with one attached hydrogen (secondary N) is 1. The van der Waals surface area contributed by atoms with Crippen LogP contribution in [0, 0.1) is 0 Å². The van der Waals surface area contributed by atoms with Crippen LogP contribution in [-0.4, -0.2) is 36.4 Å². The molecule has 3 aromatic heterocycles. The third-order valence-electron chi connectivity index (χ3n) is 3.79. The summed E-state index contributed by atoms with van der Waals surface area (Å²) in [4.78, 5) is 13.3. The van der Waals surface area contributed by atoms with Gasteiger partial charge in [-0.25, -0.2) is 9.97 Å². The molecule has 126 valence electrons. The Morgan fingerprint density at radius 2 is 2.04 bits per heavy atom. The second-order valence-corrected chi connectivity index (χ2v) is 6.83. The maximum atomic E-state index is 10.3. The van der Waals surface area contributed by atoms with Gasteiger partial charge in [-0.2, -0.15) is 5.10 Å². The molecule has 3 rings (SSSR count). The molecular weight excluding hydrogens is 304 g/mol. The first-order valence-corrected chi connectivity index (χ1v) is 7.88. The van der Waals surface area contributed by atoms with Crippen LogP contribution in [0.3, 0.4) is 0 Å². The highest BCUT2D eigenvalue weighted by Crippen LogP contribution is 2.26. The maximum Gasteiger partial charge on any atom is 0.163 e. The lowest BCUT2D eigenvalue weighted by atomic mass is 9.95. The number of rotatable bonds is 4. The molecule has 0 fully saturated rings. The van der Waals surface area contributed by atoms with Gasteiger partial charge in [0.1, 0.15) is 11.6 Å². The molecule has 0 spiro atoms. The Bertz CT molecular complexity index is 837. The Balaban J connectivity index is 1.91. The number of aryl methyl sites for hydroxylation is 1. The molecule has 0 aliphatic rings. The molecule has 0 bridgehead atoms. The van der Waals surface area contributed by atoms with Crippen LogP contribution in [0.4, 0.5) is 5.82 Å². The molecule has 0 amide bonds. The van der Waals surface area contributed by atoms with Gasteiger partial charge in [-0.05, 0) is 6.07 Å². The van der Waals surface area contributed by atoms with Crippen LogP contribution in [0.5, 0.6) is 0 Å². The summed E-state index contributed by atoms with van der Waals surface area (Å²) in [6.07, 6.45) is 4.41. The summed E-state index contributed by atoms with van der Waals surface area (Å²) in [5.74, 6) is 1.41. The van der Waals surface area contributed by atoms with Gasteiger partial charge in [0.25, 0.3) is 0 Å². The van der Waals surface area contributed by atoms with Gasteiger partial charge < -0.3 is 10.4 Å². The number of hydrogen-bond donors (Lipinski definition) is 2. The van der Waals surface area contributed by atoms with E-state index in [9.17, 15) is 5.11 Å². The summed E-state index contributed by atoms with van der Waals surface area (Å²) in [5.41, 5.74) is 1.35. The molecule has 0 aliphatic heterocycles. The minimum absolute atomic E-state index is 0.184. The van der Waals surface area contributed by atoms with E-state index in [0.717, 1.165) is 22.4 Å². The largest absolute Gasteiger partial charge is 0.387 e. The molecule has 7 nitrogen and oxygen atoms in total. The van der Waals surface area contributed by atoms with E-state index >= 15 is 0 Å². The lowest BCUT2D eigenvalue weighted by molar-refractivity contribution is 0.191.